The predicted octanol–water partition coefficient (Wildman–Crippen LogP) is 2.31. The summed E-state index contributed by atoms with van der Waals surface area (Å²) in [5.41, 5.74) is 8.05. The number of nitrogen functional groups attached to an aromatic ring is 1. The zero-order chi connectivity index (χ0) is 12.5. The van der Waals surface area contributed by atoms with Crippen LogP contribution >= 0.6 is 15.9 Å². The van der Waals surface area contributed by atoms with Crippen molar-refractivity contribution in [1.82, 2.24) is 9.80 Å². The van der Waals surface area contributed by atoms with Gasteiger partial charge in [0.1, 0.15) is 0 Å². The Morgan fingerprint density at radius 2 is 2.11 bits per heavy atom. The summed E-state index contributed by atoms with van der Waals surface area (Å²) in [6, 6.07) is 7.02. The van der Waals surface area contributed by atoms with Crippen LogP contribution in [0.15, 0.2) is 22.7 Å². The normalized spacial score (nSPS) is 25.3. The highest BCUT2D eigenvalue weighted by Gasteiger charge is 2.30. The summed E-state index contributed by atoms with van der Waals surface area (Å²) in [6.45, 7) is 5.96. The number of hydrogen-bond donors (Lipinski definition) is 1. The quantitative estimate of drug-likeness (QED) is 0.851. The standard InChI is InChI=1S/C14H20BrN3/c15-12-6-11(7-13(16)8-12)9-17-4-5-18-3-1-2-14(18)10-17/h6-8,14H,1-5,9-10,16H2. The van der Waals surface area contributed by atoms with Crippen molar-refractivity contribution in [3.8, 4) is 0 Å². The molecule has 0 spiro atoms. The van der Waals surface area contributed by atoms with Gasteiger partial charge in [-0.25, -0.2) is 0 Å². The average Bonchev–Trinajstić information content (AvgIpc) is 2.74. The van der Waals surface area contributed by atoms with Crippen LogP contribution in [0.1, 0.15) is 18.4 Å². The number of halogens is 1. The van der Waals surface area contributed by atoms with Crippen molar-refractivity contribution in [3.63, 3.8) is 0 Å². The molecule has 1 atom stereocenters. The van der Waals surface area contributed by atoms with E-state index in [-0.39, 0.29) is 0 Å². The van der Waals surface area contributed by atoms with Crippen LogP contribution in [0.4, 0.5) is 5.69 Å². The molecule has 2 heterocycles. The molecule has 2 fully saturated rings. The second-order valence-electron chi connectivity index (χ2n) is 5.46. The van der Waals surface area contributed by atoms with Crippen LogP contribution in [0.5, 0.6) is 0 Å². The largest absolute Gasteiger partial charge is 0.399 e. The number of fused-ring (bicyclic) bond motifs is 1. The van der Waals surface area contributed by atoms with Gasteiger partial charge in [0, 0.05) is 42.4 Å². The van der Waals surface area contributed by atoms with Gasteiger partial charge in [0.2, 0.25) is 0 Å². The van der Waals surface area contributed by atoms with Gasteiger partial charge in [0.15, 0.2) is 0 Å². The molecule has 3 rings (SSSR count). The smallest absolute Gasteiger partial charge is 0.0328 e. The van der Waals surface area contributed by atoms with Crippen molar-refractivity contribution in [1.29, 1.82) is 0 Å². The fourth-order valence-corrected chi connectivity index (χ4v) is 3.78. The summed E-state index contributed by atoms with van der Waals surface area (Å²) in [5.74, 6) is 0. The highest BCUT2D eigenvalue weighted by molar-refractivity contribution is 9.10. The molecule has 18 heavy (non-hydrogen) atoms. The Bertz CT molecular complexity index is 415. The van der Waals surface area contributed by atoms with Crippen molar-refractivity contribution in [2.45, 2.75) is 25.4 Å². The third kappa shape index (κ3) is 2.71. The molecule has 0 radical (unpaired) electrons. The molecule has 1 aromatic carbocycles. The Hall–Kier alpha value is -0.580. The Balaban J connectivity index is 1.65. The number of piperazine rings is 1. The number of nitrogens with zero attached hydrogens (tertiary/aromatic N) is 2. The van der Waals surface area contributed by atoms with Gasteiger partial charge in [-0.15, -0.1) is 0 Å². The zero-order valence-electron chi connectivity index (χ0n) is 10.6. The maximum atomic E-state index is 5.89. The van der Waals surface area contributed by atoms with Crippen molar-refractivity contribution in [2.75, 3.05) is 31.9 Å². The maximum absolute atomic E-state index is 5.89. The molecule has 2 saturated heterocycles. The summed E-state index contributed by atoms with van der Waals surface area (Å²) in [4.78, 5) is 5.21. The third-order valence-electron chi connectivity index (χ3n) is 4.06. The zero-order valence-corrected chi connectivity index (χ0v) is 12.2. The molecule has 0 amide bonds. The van der Waals surface area contributed by atoms with Crippen molar-refractivity contribution in [3.05, 3.63) is 28.2 Å². The lowest BCUT2D eigenvalue weighted by Crippen LogP contribution is -2.49. The van der Waals surface area contributed by atoms with Crippen molar-refractivity contribution >= 4 is 21.6 Å². The van der Waals surface area contributed by atoms with Crippen LogP contribution in [0.3, 0.4) is 0 Å². The molecular weight excluding hydrogens is 290 g/mol. The fraction of sp³-hybridized carbons (Fsp3) is 0.571. The van der Waals surface area contributed by atoms with Crippen LogP contribution in [0.2, 0.25) is 0 Å². The van der Waals surface area contributed by atoms with E-state index in [4.69, 9.17) is 5.73 Å². The summed E-state index contributed by atoms with van der Waals surface area (Å²) in [5, 5.41) is 0. The topological polar surface area (TPSA) is 32.5 Å². The van der Waals surface area contributed by atoms with E-state index >= 15 is 0 Å². The Kier molecular flexibility index (Phi) is 3.59. The van der Waals surface area contributed by atoms with E-state index in [9.17, 15) is 0 Å². The van der Waals surface area contributed by atoms with Crippen LogP contribution in [0, 0.1) is 0 Å². The molecule has 4 heteroatoms. The van der Waals surface area contributed by atoms with Gasteiger partial charge in [-0.05, 0) is 43.1 Å². The van der Waals surface area contributed by atoms with Crippen LogP contribution in [0.25, 0.3) is 0 Å². The first kappa shape index (κ1) is 12.5. The Labute approximate surface area is 117 Å². The Morgan fingerprint density at radius 1 is 1.22 bits per heavy atom. The summed E-state index contributed by atoms with van der Waals surface area (Å²) >= 11 is 3.52. The van der Waals surface area contributed by atoms with E-state index < -0.39 is 0 Å². The highest BCUT2D eigenvalue weighted by Crippen LogP contribution is 2.24. The molecule has 98 valence electrons. The van der Waals surface area contributed by atoms with Gasteiger partial charge >= 0.3 is 0 Å². The monoisotopic (exact) mass is 309 g/mol. The van der Waals surface area contributed by atoms with E-state index in [1.165, 1.54) is 44.6 Å². The number of hydrogen-bond acceptors (Lipinski definition) is 3. The number of nitrogens with two attached hydrogens (primary N) is 1. The molecule has 1 unspecified atom stereocenters. The lowest BCUT2D eigenvalue weighted by Gasteiger charge is -2.37. The van der Waals surface area contributed by atoms with Gasteiger partial charge in [-0.3, -0.25) is 9.80 Å². The Morgan fingerprint density at radius 3 is 2.94 bits per heavy atom. The van der Waals surface area contributed by atoms with Gasteiger partial charge in [0.05, 0.1) is 0 Å². The first-order valence-corrected chi connectivity index (χ1v) is 7.51. The van der Waals surface area contributed by atoms with E-state index in [0.717, 1.165) is 22.7 Å². The van der Waals surface area contributed by atoms with Gasteiger partial charge in [0.25, 0.3) is 0 Å². The molecule has 2 N–H and O–H groups in total. The molecule has 0 bridgehead atoms. The second-order valence-corrected chi connectivity index (χ2v) is 6.38. The van der Waals surface area contributed by atoms with E-state index in [1.54, 1.807) is 0 Å². The van der Waals surface area contributed by atoms with E-state index in [2.05, 4.69) is 37.9 Å². The van der Waals surface area contributed by atoms with Crippen LogP contribution < -0.4 is 5.73 Å². The first-order chi connectivity index (χ1) is 8.70. The number of benzene rings is 1. The second kappa shape index (κ2) is 5.19. The minimum atomic E-state index is 0.795. The van der Waals surface area contributed by atoms with Gasteiger partial charge in [-0.1, -0.05) is 15.9 Å². The lowest BCUT2D eigenvalue weighted by molar-refractivity contribution is 0.0994. The minimum absolute atomic E-state index is 0.795. The summed E-state index contributed by atoms with van der Waals surface area (Å²) in [7, 11) is 0. The highest BCUT2D eigenvalue weighted by atomic mass is 79.9. The van der Waals surface area contributed by atoms with Crippen LogP contribution in [-0.4, -0.2) is 42.0 Å². The van der Waals surface area contributed by atoms with Gasteiger partial charge < -0.3 is 5.73 Å². The van der Waals surface area contributed by atoms with Crippen molar-refractivity contribution in [2.24, 2.45) is 0 Å². The summed E-state index contributed by atoms with van der Waals surface area (Å²) in [6.07, 6.45) is 2.75. The molecule has 0 aromatic heterocycles. The number of anilines is 1. The molecule has 3 nitrogen and oxygen atoms in total. The van der Waals surface area contributed by atoms with Crippen LogP contribution in [-0.2, 0) is 6.54 Å². The molecule has 0 aliphatic carbocycles. The fourth-order valence-electron chi connectivity index (χ4n) is 3.22. The third-order valence-corrected chi connectivity index (χ3v) is 4.52. The minimum Gasteiger partial charge on any atom is -0.399 e. The lowest BCUT2D eigenvalue weighted by atomic mass is 10.1. The maximum Gasteiger partial charge on any atom is 0.0328 e. The molecule has 2 aliphatic heterocycles. The SMILES string of the molecule is Nc1cc(Br)cc(CN2CCN3CCCC3C2)c1. The van der Waals surface area contributed by atoms with E-state index in [1.807, 2.05) is 6.07 Å². The molecular formula is C14H20BrN3. The molecule has 2 aliphatic rings. The molecule has 0 saturated carbocycles. The van der Waals surface area contributed by atoms with Gasteiger partial charge in [-0.2, -0.15) is 0 Å². The first-order valence-electron chi connectivity index (χ1n) is 6.72. The summed E-state index contributed by atoms with van der Waals surface area (Å²) < 4.78 is 1.08. The predicted molar refractivity (Wildman–Crippen MR) is 78.4 cm³/mol. The molecule has 1 aromatic rings. The number of rotatable bonds is 2. The van der Waals surface area contributed by atoms with E-state index in [0.29, 0.717) is 0 Å². The average molecular weight is 310 g/mol. The van der Waals surface area contributed by atoms with Crippen molar-refractivity contribution < 1.29 is 0 Å².